The first-order valence-electron chi connectivity index (χ1n) is 9.22. The number of aromatic nitrogens is 1. The molecule has 2 fully saturated rings. The van der Waals surface area contributed by atoms with Gasteiger partial charge in [-0.3, -0.25) is 4.79 Å². The van der Waals surface area contributed by atoms with Gasteiger partial charge in [0, 0.05) is 31.2 Å². The Hall–Kier alpha value is -2.09. The van der Waals surface area contributed by atoms with Gasteiger partial charge in [-0.1, -0.05) is 35.5 Å². The largest absolute Gasteiger partial charge is 0.378 e. The van der Waals surface area contributed by atoms with Crippen LogP contribution in [0.5, 0.6) is 0 Å². The van der Waals surface area contributed by atoms with Crippen molar-refractivity contribution in [3.05, 3.63) is 35.9 Å². The Morgan fingerprint density at radius 3 is 2.70 bits per heavy atom. The molecule has 2 N–H and O–H groups in total. The number of hydrogen-bond donors (Lipinski definition) is 2. The van der Waals surface area contributed by atoms with E-state index in [1.807, 2.05) is 30.3 Å². The third kappa shape index (κ3) is 4.43. The summed E-state index contributed by atoms with van der Waals surface area (Å²) in [6, 6.07) is 9.80. The molecule has 0 bridgehead atoms. The highest BCUT2D eigenvalue weighted by molar-refractivity contribution is 6.04. The zero-order valence-electron chi connectivity index (χ0n) is 15.1. The van der Waals surface area contributed by atoms with Gasteiger partial charge in [-0.25, -0.2) is 0 Å². The number of amides is 1. The highest BCUT2D eigenvalue weighted by Crippen LogP contribution is 2.32. The van der Waals surface area contributed by atoms with E-state index in [9.17, 15) is 4.79 Å². The molecule has 1 aromatic carbocycles. The van der Waals surface area contributed by atoms with Crippen molar-refractivity contribution in [3.8, 4) is 11.3 Å². The first-order valence-corrected chi connectivity index (χ1v) is 9.22. The molecular formula is C19H25ClN4O3. The van der Waals surface area contributed by atoms with Gasteiger partial charge in [0.25, 0.3) is 5.91 Å². The molecule has 0 aliphatic carbocycles. The molecule has 7 nitrogen and oxygen atoms in total. The van der Waals surface area contributed by atoms with Crippen molar-refractivity contribution in [1.82, 2.24) is 15.8 Å². The van der Waals surface area contributed by atoms with Crippen LogP contribution in [0.3, 0.4) is 0 Å². The van der Waals surface area contributed by atoms with Crippen LogP contribution in [0.2, 0.25) is 0 Å². The van der Waals surface area contributed by atoms with Crippen molar-refractivity contribution in [2.24, 2.45) is 0 Å². The van der Waals surface area contributed by atoms with Crippen LogP contribution in [0.15, 0.2) is 34.9 Å². The monoisotopic (exact) mass is 392 g/mol. The summed E-state index contributed by atoms with van der Waals surface area (Å²) in [6.07, 6.45) is 2.05. The van der Waals surface area contributed by atoms with Crippen LogP contribution in [-0.2, 0) is 4.74 Å². The van der Waals surface area contributed by atoms with E-state index in [0.717, 1.165) is 31.5 Å². The summed E-state index contributed by atoms with van der Waals surface area (Å²) in [6.45, 7) is 4.46. The Morgan fingerprint density at radius 1 is 1.22 bits per heavy atom. The Kier molecular flexibility index (Phi) is 6.71. The van der Waals surface area contributed by atoms with Gasteiger partial charge in [0.2, 0.25) is 0 Å². The van der Waals surface area contributed by atoms with Gasteiger partial charge >= 0.3 is 0 Å². The fourth-order valence-corrected chi connectivity index (χ4v) is 3.50. The van der Waals surface area contributed by atoms with E-state index in [1.165, 1.54) is 0 Å². The van der Waals surface area contributed by atoms with Gasteiger partial charge in [-0.05, 0) is 19.4 Å². The molecule has 4 rings (SSSR count). The molecule has 3 heterocycles. The van der Waals surface area contributed by atoms with Crippen molar-refractivity contribution >= 4 is 24.1 Å². The van der Waals surface area contributed by atoms with Crippen molar-refractivity contribution in [3.63, 3.8) is 0 Å². The lowest BCUT2D eigenvalue weighted by molar-refractivity contribution is 0.0929. The summed E-state index contributed by atoms with van der Waals surface area (Å²) < 4.78 is 11.1. The average Bonchev–Trinajstić information content (AvgIpc) is 3.15. The number of halogens is 1. The average molecular weight is 393 g/mol. The molecule has 2 aliphatic heterocycles. The van der Waals surface area contributed by atoms with Crippen LogP contribution in [0.25, 0.3) is 11.3 Å². The molecule has 27 heavy (non-hydrogen) atoms. The van der Waals surface area contributed by atoms with Crippen molar-refractivity contribution in [2.75, 3.05) is 44.3 Å². The lowest BCUT2D eigenvalue weighted by atomic mass is 10.0. The Bertz CT molecular complexity index is 741. The number of benzene rings is 1. The standard InChI is InChI=1S/C19H24N4O3.ClH/c24-19(21-15-7-4-8-20-13-15)16-17(14-5-2-1-3-6-14)26-22-18(16)23-9-11-25-12-10-23;/h1-3,5-6,15,20H,4,7-13H2,(H,21,24);1H/t15-;/m1./s1. The van der Waals surface area contributed by atoms with E-state index in [1.54, 1.807) is 0 Å². The van der Waals surface area contributed by atoms with Gasteiger partial charge in [0.1, 0.15) is 5.56 Å². The Morgan fingerprint density at radius 2 is 2.00 bits per heavy atom. The molecule has 2 aromatic rings. The van der Waals surface area contributed by atoms with E-state index in [4.69, 9.17) is 9.26 Å². The van der Waals surface area contributed by atoms with Crippen molar-refractivity contribution < 1.29 is 14.1 Å². The summed E-state index contributed by atoms with van der Waals surface area (Å²) in [5, 5.41) is 10.7. The predicted octanol–water partition coefficient (Wildman–Crippen LogP) is 2.08. The summed E-state index contributed by atoms with van der Waals surface area (Å²) in [7, 11) is 0. The zero-order valence-corrected chi connectivity index (χ0v) is 16.0. The molecule has 0 unspecified atom stereocenters. The fourth-order valence-electron chi connectivity index (χ4n) is 3.50. The van der Waals surface area contributed by atoms with Crippen LogP contribution in [0.1, 0.15) is 23.2 Å². The lowest BCUT2D eigenvalue weighted by Crippen LogP contribution is -2.46. The fraction of sp³-hybridized carbons (Fsp3) is 0.474. The van der Waals surface area contributed by atoms with Crippen molar-refractivity contribution in [2.45, 2.75) is 18.9 Å². The minimum atomic E-state index is -0.125. The third-order valence-electron chi connectivity index (χ3n) is 4.88. The lowest BCUT2D eigenvalue weighted by Gasteiger charge is -2.28. The normalized spacial score (nSPS) is 20.0. The third-order valence-corrected chi connectivity index (χ3v) is 4.88. The van der Waals surface area contributed by atoms with Gasteiger partial charge in [0.05, 0.1) is 13.2 Å². The van der Waals surface area contributed by atoms with Crippen LogP contribution in [-0.4, -0.2) is 56.5 Å². The number of hydrogen-bond acceptors (Lipinski definition) is 6. The quantitative estimate of drug-likeness (QED) is 0.829. The molecule has 2 saturated heterocycles. The summed E-state index contributed by atoms with van der Waals surface area (Å²) in [5.74, 6) is 1.00. The first kappa shape index (κ1) is 19.7. The van der Waals surface area contributed by atoms with Crippen LogP contribution in [0.4, 0.5) is 5.82 Å². The van der Waals surface area contributed by atoms with E-state index >= 15 is 0 Å². The maximum Gasteiger partial charge on any atom is 0.259 e. The summed E-state index contributed by atoms with van der Waals surface area (Å²) in [5.41, 5.74) is 1.37. The number of morpholine rings is 1. The molecule has 1 aromatic heterocycles. The van der Waals surface area contributed by atoms with Gasteiger partial charge in [-0.2, -0.15) is 0 Å². The number of nitrogens with zero attached hydrogens (tertiary/aromatic N) is 2. The zero-order chi connectivity index (χ0) is 17.8. The Labute approximate surface area is 164 Å². The van der Waals surface area contributed by atoms with Crippen LogP contribution < -0.4 is 15.5 Å². The summed E-state index contributed by atoms with van der Waals surface area (Å²) in [4.78, 5) is 15.2. The second-order valence-electron chi connectivity index (χ2n) is 6.69. The van der Waals surface area contributed by atoms with E-state index < -0.39 is 0 Å². The van der Waals surface area contributed by atoms with Crippen molar-refractivity contribution in [1.29, 1.82) is 0 Å². The SMILES string of the molecule is Cl.O=C(N[C@@H]1CCCNC1)c1c(N2CCOCC2)noc1-c1ccccc1. The molecule has 146 valence electrons. The number of rotatable bonds is 4. The number of carbonyl (C=O) groups excluding carboxylic acids is 1. The topological polar surface area (TPSA) is 79.6 Å². The van der Waals surface area contributed by atoms with E-state index in [-0.39, 0.29) is 24.4 Å². The smallest absolute Gasteiger partial charge is 0.259 e. The highest BCUT2D eigenvalue weighted by atomic mass is 35.5. The molecule has 1 atom stereocenters. The van der Waals surface area contributed by atoms with E-state index in [2.05, 4.69) is 20.7 Å². The minimum absolute atomic E-state index is 0. The van der Waals surface area contributed by atoms with Crippen LogP contribution >= 0.6 is 12.4 Å². The number of anilines is 1. The number of nitrogens with one attached hydrogen (secondary N) is 2. The molecular weight excluding hydrogens is 368 g/mol. The first-order chi connectivity index (χ1) is 12.8. The number of ether oxygens (including phenoxy) is 1. The Balaban J connectivity index is 0.00000210. The number of piperidine rings is 1. The highest BCUT2D eigenvalue weighted by Gasteiger charge is 2.30. The minimum Gasteiger partial charge on any atom is -0.378 e. The molecule has 2 aliphatic rings. The van der Waals surface area contributed by atoms with Gasteiger partial charge in [-0.15, -0.1) is 12.4 Å². The van der Waals surface area contributed by atoms with Gasteiger partial charge in [0.15, 0.2) is 11.6 Å². The van der Waals surface area contributed by atoms with Crippen LogP contribution in [0, 0.1) is 0 Å². The summed E-state index contributed by atoms with van der Waals surface area (Å²) >= 11 is 0. The second-order valence-corrected chi connectivity index (χ2v) is 6.69. The maximum absolute atomic E-state index is 13.1. The second kappa shape index (κ2) is 9.21. The number of carbonyl (C=O) groups is 1. The predicted molar refractivity (Wildman–Crippen MR) is 106 cm³/mol. The molecule has 8 heteroatoms. The molecule has 0 saturated carbocycles. The molecule has 1 amide bonds. The van der Waals surface area contributed by atoms with Gasteiger partial charge < -0.3 is 24.8 Å². The maximum atomic E-state index is 13.1. The van der Waals surface area contributed by atoms with E-state index in [0.29, 0.717) is 43.4 Å². The molecule has 0 radical (unpaired) electrons. The molecule has 0 spiro atoms.